The van der Waals surface area contributed by atoms with E-state index in [-0.39, 0.29) is 23.8 Å². The highest BCUT2D eigenvalue weighted by molar-refractivity contribution is 5.79. The maximum atomic E-state index is 13.5. The molecular weight excluding hydrogens is 544 g/mol. The highest BCUT2D eigenvalue weighted by Crippen LogP contribution is 2.27. The zero-order valence-electron chi connectivity index (χ0n) is 25.6. The van der Waals surface area contributed by atoms with Gasteiger partial charge in [-0.1, -0.05) is 41.6 Å². The van der Waals surface area contributed by atoms with Gasteiger partial charge in [0.1, 0.15) is 0 Å². The Morgan fingerprint density at radius 3 is 2.49 bits per heavy atom. The van der Waals surface area contributed by atoms with E-state index in [0.717, 1.165) is 55.6 Å². The van der Waals surface area contributed by atoms with E-state index in [4.69, 9.17) is 4.52 Å². The number of benzene rings is 2. The molecule has 43 heavy (non-hydrogen) atoms. The van der Waals surface area contributed by atoms with Crippen molar-refractivity contribution in [3.8, 4) is 11.4 Å². The van der Waals surface area contributed by atoms with E-state index >= 15 is 0 Å². The molecule has 1 aromatic heterocycles. The average Bonchev–Trinajstić information content (AvgIpc) is 3.63. The zero-order valence-corrected chi connectivity index (χ0v) is 25.6. The molecule has 2 aliphatic heterocycles. The second-order valence-corrected chi connectivity index (χ2v) is 12.0. The quantitative estimate of drug-likeness (QED) is 0.330. The van der Waals surface area contributed by atoms with E-state index in [2.05, 4.69) is 56.6 Å². The molecule has 10 nitrogen and oxygen atoms in total. The summed E-state index contributed by atoms with van der Waals surface area (Å²) in [6.45, 7) is 8.29. The number of aromatic nitrogens is 2. The number of carbonyl (C=O) groups excluding carboxylic acids is 2. The Hall–Kier alpha value is -3.60. The molecule has 3 heterocycles. The summed E-state index contributed by atoms with van der Waals surface area (Å²) in [5.74, 6) is 0.954. The van der Waals surface area contributed by atoms with Gasteiger partial charge in [-0.25, -0.2) is 5.01 Å². The smallest absolute Gasteiger partial charge is 0.236 e. The van der Waals surface area contributed by atoms with E-state index in [0.29, 0.717) is 50.6 Å². The van der Waals surface area contributed by atoms with Crippen LogP contribution in [0.25, 0.3) is 11.4 Å². The predicted molar refractivity (Wildman–Crippen MR) is 163 cm³/mol. The first-order valence-electron chi connectivity index (χ1n) is 15.4. The Morgan fingerprint density at radius 2 is 1.81 bits per heavy atom. The lowest BCUT2D eigenvalue weighted by molar-refractivity contribution is -0.148. The molecule has 1 fully saturated rings. The Labute approximate surface area is 254 Å². The molecule has 2 amide bonds. The molecular formula is C33H44N6O4. The van der Waals surface area contributed by atoms with Gasteiger partial charge in [0.25, 0.3) is 0 Å². The molecule has 1 unspecified atom stereocenters. The largest absolute Gasteiger partial charge is 0.393 e. The number of likely N-dealkylation sites (tertiary alicyclic amines) is 1. The number of nitrogens with zero attached hydrogens (tertiary/aromatic N) is 5. The van der Waals surface area contributed by atoms with Gasteiger partial charge in [-0.3, -0.25) is 14.6 Å². The van der Waals surface area contributed by atoms with Crippen molar-refractivity contribution >= 4 is 11.8 Å². The van der Waals surface area contributed by atoms with Crippen LogP contribution in [0, 0.1) is 19.8 Å². The topological polar surface area (TPSA) is 115 Å². The second-order valence-electron chi connectivity index (χ2n) is 12.0. The van der Waals surface area contributed by atoms with E-state index in [1.807, 2.05) is 25.2 Å². The first-order valence-corrected chi connectivity index (χ1v) is 15.4. The number of aliphatic hydroxyl groups is 1. The molecule has 5 rings (SSSR count). The molecule has 0 bridgehead atoms. The number of amides is 2. The summed E-state index contributed by atoms with van der Waals surface area (Å²) in [5.41, 5.74) is 5.67. The number of rotatable bonds is 12. The van der Waals surface area contributed by atoms with Crippen LogP contribution in [0.15, 0.2) is 47.0 Å². The summed E-state index contributed by atoms with van der Waals surface area (Å²) in [5, 5.41) is 20.7. The third-order valence-corrected chi connectivity index (χ3v) is 8.81. The summed E-state index contributed by atoms with van der Waals surface area (Å²) in [4.78, 5) is 33.3. The van der Waals surface area contributed by atoms with Crippen LogP contribution in [-0.2, 0) is 29.1 Å². The van der Waals surface area contributed by atoms with Gasteiger partial charge in [0, 0.05) is 71.6 Å². The number of nitrogens with one attached hydrogen (secondary N) is 1. The lowest BCUT2D eigenvalue weighted by Gasteiger charge is -2.30. The molecule has 2 aliphatic rings. The number of carbonyl (C=O) groups is 2. The summed E-state index contributed by atoms with van der Waals surface area (Å²) in [6, 6.07) is 14.4. The van der Waals surface area contributed by atoms with E-state index in [1.165, 1.54) is 11.1 Å². The van der Waals surface area contributed by atoms with Crippen molar-refractivity contribution in [2.24, 2.45) is 5.92 Å². The van der Waals surface area contributed by atoms with E-state index in [1.54, 1.807) is 11.9 Å². The number of aryl methyl sites for hydroxylation is 3. The maximum absolute atomic E-state index is 13.5. The van der Waals surface area contributed by atoms with E-state index in [9.17, 15) is 14.7 Å². The van der Waals surface area contributed by atoms with Gasteiger partial charge in [-0.2, -0.15) is 4.98 Å². The van der Waals surface area contributed by atoms with Gasteiger partial charge in [0.2, 0.25) is 23.5 Å². The molecule has 0 radical (unpaired) electrons. The summed E-state index contributed by atoms with van der Waals surface area (Å²) >= 11 is 0. The van der Waals surface area contributed by atoms with Crippen LogP contribution in [0.3, 0.4) is 0 Å². The highest BCUT2D eigenvalue weighted by Gasteiger charge is 2.27. The number of piperidine rings is 1. The van der Waals surface area contributed by atoms with Gasteiger partial charge in [-0.05, 0) is 66.8 Å². The SMILES string of the molecule is Cc1nc(-c2ccc(C)c(CCC(CC(=O)NCCN3CCC(O)CC3)CC(=O)N(C)N3Cc4ccccc4C3)c2)no1. The van der Waals surface area contributed by atoms with Crippen LogP contribution in [-0.4, -0.2) is 81.3 Å². The third-order valence-electron chi connectivity index (χ3n) is 8.81. The second kappa shape index (κ2) is 14.2. The van der Waals surface area contributed by atoms with Crippen LogP contribution < -0.4 is 5.32 Å². The minimum absolute atomic E-state index is 0.0187. The van der Waals surface area contributed by atoms with Crippen LogP contribution in [0.5, 0.6) is 0 Å². The minimum Gasteiger partial charge on any atom is -0.393 e. The van der Waals surface area contributed by atoms with Crippen molar-refractivity contribution in [3.05, 3.63) is 70.6 Å². The average molecular weight is 589 g/mol. The Bertz CT molecular complexity index is 1370. The zero-order chi connectivity index (χ0) is 30.3. The van der Waals surface area contributed by atoms with Gasteiger partial charge in [0.05, 0.1) is 6.10 Å². The van der Waals surface area contributed by atoms with Gasteiger partial charge in [0.15, 0.2) is 0 Å². The first kappa shape index (κ1) is 30.8. The molecule has 230 valence electrons. The Kier molecular flexibility index (Phi) is 10.2. The standard InChI is InChI=1S/C33H44N6O4/c1-23-8-10-27(33-35-24(2)43-36-33)20-26(23)11-9-25(18-31(41)34-14-17-38-15-12-30(40)13-16-38)19-32(42)37(3)39-21-28-6-4-5-7-29(28)22-39/h4-8,10,20,25,30,40H,9,11-19,21-22H2,1-3H3,(H,34,41). The van der Waals surface area contributed by atoms with Crippen molar-refractivity contribution in [1.82, 2.24) is 30.4 Å². The molecule has 1 saturated heterocycles. The lowest BCUT2D eigenvalue weighted by Crippen LogP contribution is -2.42. The van der Waals surface area contributed by atoms with Crippen molar-refractivity contribution in [2.45, 2.75) is 71.6 Å². The normalized spacial score (nSPS) is 16.7. The fraction of sp³-hybridized carbons (Fsp3) is 0.515. The fourth-order valence-corrected chi connectivity index (χ4v) is 6.03. The molecule has 2 N–H and O–H groups in total. The summed E-state index contributed by atoms with van der Waals surface area (Å²) < 4.78 is 5.17. The maximum Gasteiger partial charge on any atom is 0.236 e. The van der Waals surface area contributed by atoms with Crippen LogP contribution >= 0.6 is 0 Å². The van der Waals surface area contributed by atoms with Crippen molar-refractivity contribution < 1.29 is 19.2 Å². The Balaban J connectivity index is 1.21. The number of hydrazine groups is 1. The molecule has 10 heteroatoms. The summed E-state index contributed by atoms with van der Waals surface area (Å²) in [7, 11) is 1.83. The molecule has 0 saturated carbocycles. The van der Waals surface area contributed by atoms with Crippen LogP contribution in [0.2, 0.25) is 0 Å². The van der Waals surface area contributed by atoms with Gasteiger partial charge < -0.3 is 19.8 Å². The Morgan fingerprint density at radius 1 is 1.09 bits per heavy atom. The van der Waals surface area contributed by atoms with Crippen molar-refractivity contribution in [2.75, 3.05) is 33.2 Å². The first-order chi connectivity index (χ1) is 20.7. The van der Waals surface area contributed by atoms with Crippen molar-refractivity contribution in [3.63, 3.8) is 0 Å². The number of aliphatic hydroxyl groups excluding tert-OH is 1. The minimum atomic E-state index is -0.211. The molecule has 2 aromatic carbocycles. The number of hydrogen-bond acceptors (Lipinski definition) is 8. The monoisotopic (exact) mass is 588 g/mol. The fourth-order valence-electron chi connectivity index (χ4n) is 6.03. The number of hydrogen-bond donors (Lipinski definition) is 2. The van der Waals surface area contributed by atoms with Gasteiger partial charge >= 0.3 is 0 Å². The van der Waals surface area contributed by atoms with E-state index < -0.39 is 0 Å². The molecule has 1 atom stereocenters. The van der Waals surface area contributed by atoms with Gasteiger partial charge in [-0.15, -0.1) is 0 Å². The van der Waals surface area contributed by atoms with Crippen molar-refractivity contribution in [1.29, 1.82) is 0 Å². The molecule has 3 aromatic rings. The lowest BCUT2D eigenvalue weighted by atomic mass is 9.90. The highest BCUT2D eigenvalue weighted by atomic mass is 16.5. The molecule has 0 aliphatic carbocycles. The number of fused-ring (bicyclic) bond motifs is 1. The summed E-state index contributed by atoms with van der Waals surface area (Å²) in [6.07, 6.45) is 3.37. The third kappa shape index (κ3) is 8.28. The van der Waals surface area contributed by atoms with Crippen LogP contribution in [0.4, 0.5) is 0 Å². The van der Waals surface area contributed by atoms with Crippen LogP contribution in [0.1, 0.15) is 60.2 Å². The predicted octanol–water partition coefficient (Wildman–Crippen LogP) is 3.64. The molecule has 0 spiro atoms.